The van der Waals surface area contributed by atoms with Crippen LogP contribution >= 0.6 is 11.3 Å². The maximum Gasteiger partial charge on any atom is 0.0375 e. The molecule has 1 aromatic heterocycles. The number of rotatable bonds is 4. The Morgan fingerprint density at radius 1 is 1.26 bits per heavy atom. The summed E-state index contributed by atoms with van der Waals surface area (Å²) in [6.45, 7) is 3.17. The zero-order chi connectivity index (χ0) is 13.1. The van der Waals surface area contributed by atoms with Crippen LogP contribution in [-0.4, -0.2) is 18.5 Å². The first-order valence-corrected chi connectivity index (χ1v) is 7.81. The van der Waals surface area contributed by atoms with Gasteiger partial charge >= 0.3 is 0 Å². The first-order chi connectivity index (χ1) is 9.33. The zero-order valence-corrected chi connectivity index (χ0v) is 12.2. The summed E-state index contributed by atoms with van der Waals surface area (Å²) < 4.78 is 0. The molecule has 3 rings (SSSR count). The van der Waals surface area contributed by atoms with E-state index in [1.165, 1.54) is 35.2 Å². The Hall–Kier alpha value is -1.32. The zero-order valence-electron chi connectivity index (χ0n) is 11.4. The molecule has 0 saturated carbocycles. The molecule has 2 nitrogen and oxygen atoms in total. The van der Waals surface area contributed by atoms with Gasteiger partial charge in [0.15, 0.2) is 0 Å². The van der Waals surface area contributed by atoms with E-state index >= 15 is 0 Å². The Labute approximate surface area is 119 Å². The van der Waals surface area contributed by atoms with Crippen molar-refractivity contribution in [3.8, 4) is 0 Å². The van der Waals surface area contributed by atoms with Crippen molar-refractivity contribution in [1.82, 2.24) is 4.90 Å². The molecule has 0 amide bonds. The quantitative estimate of drug-likeness (QED) is 0.912. The van der Waals surface area contributed by atoms with Crippen LogP contribution in [0.25, 0.3) is 0 Å². The Morgan fingerprint density at radius 2 is 2.21 bits per heavy atom. The molecule has 1 aliphatic heterocycles. The van der Waals surface area contributed by atoms with Crippen molar-refractivity contribution >= 4 is 17.0 Å². The Bertz CT molecular complexity index is 534. The van der Waals surface area contributed by atoms with Gasteiger partial charge < -0.3 is 5.32 Å². The molecule has 0 aliphatic carbocycles. The average Bonchev–Trinajstić information content (AvgIpc) is 2.92. The topological polar surface area (TPSA) is 15.3 Å². The number of hydrogen-bond donors (Lipinski definition) is 1. The van der Waals surface area contributed by atoms with Crippen molar-refractivity contribution in [2.24, 2.45) is 0 Å². The van der Waals surface area contributed by atoms with Gasteiger partial charge in [0, 0.05) is 25.3 Å². The van der Waals surface area contributed by atoms with Gasteiger partial charge in [-0.3, -0.25) is 4.90 Å². The van der Waals surface area contributed by atoms with E-state index in [1.807, 2.05) is 0 Å². The Kier molecular flexibility index (Phi) is 3.85. The van der Waals surface area contributed by atoms with Gasteiger partial charge in [-0.05, 0) is 59.5 Å². The van der Waals surface area contributed by atoms with Crippen molar-refractivity contribution in [3.05, 3.63) is 51.7 Å². The highest BCUT2D eigenvalue weighted by Crippen LogP contribution is 2.26. The summed E-state index contributed by atoms with van der Waals surface area (Å²) in [5.74, 6) is 0. The van der Waals surface area contributed by atoms with Gasteiger partial charge in [-0.2, -0.15) is 11.3 Å². The van der Waals surface area contributed by atoms with Gasteiger partial charge in [-0.15, -0.1) is 0 Å². The molecule has 3 heteroatoms. The monoisotopic (exact) mass is 272 g/mol. The normalized spacial score (nSPS) is 14.2. The molecular formula is C16H20N2S. The van der Waals surface area contributed by atoms with Crippen LogP contribution in [0, 0.1) is 0 Å². The predicted octanol–water partition coefficient (Wildman–Crippen LogP) is 3.74. The molecule has 19 heavy (non-hydrogen) atoms. The smallest absolute Gasteiger partial charge is 0.0375 e. The van der Waals surface area contributed by atoms with E-state index in [1.54, 1.807) is 11.3 Å². The number of thiophene rings is 1. The van der Waals surface area contributed by atoms with E-state index in [0.29, 0.717) is 0 Å². The van der Waals surface area contributed by atoms with Crippen molar-refractivity contribution in [2.75, 3.05) is 18.9 Å². The van der Waals surface area contributed by atoms with Crippen LogP contribution in [0.2, 0.25) is 0 Å². The molecule has 0 saturated heterocycles. The molecule has 1 N–H and O–H groups in total. The summed E-state index contributed by atoms with van der Waals surface area (Å²) in [5, 5.41) is 7.89. The summed E-state index contributed by atoms with van der Waals surface area (Å²) in [4.78, 5) is 2.40. The lowest BCUT2D eigenvalue weighted by Gasteiger charge is -2.24. The van der Waals surface area contributed by atoms with Gasteiger partial charge in [0.2, 0.25) is 0 Å². The molecule has 100 valence electrons. The van der Waals surface area contributed by atoms with Crippen LogP contribution in [0.3, 0.4) is 0 Å². The highest BCUT2D eigenvalue weighted by Gasteiger charge is 2.13. The van der Waals surface area contributed by atoms with Crippen LogP contribution in [0.1, 0.15) is 23.1 Å². The molecule has 2 heterocycles. The van der Waals surface area contributed by atoms with Crippen LogP contribution in [0.4, 0.5) is 5.69 Å². The van der Waals surface area contributed by atoms with E-state index < -0.39 is 0 Å². The van der Waals surface area contributed by atoms with Crippen LogP contribution in [0.5, 0.6) is 0 Å². The highest BCUT2D eigenvalue weighted by atomic mass is 32.1. The summed E-state index contributed by atoms with van der Waals surface area (Å²) in [6.07, 6.45) is 2.46. The Morgan fingerprint density at radius 3 is 3.05 bits per heavy atom. The van der Waals surface area contributed by atoms with Crippen molar-refractivity contribution < 1.29 is 0 Å². The summed E-state index contributed by atoms with van der Waals surface area (Å²) >= 11 is 1.77. The second-order valence-electron chi connectivity index (χ2n) is 5.28. The van der Waals surface area contributed by atoms with Gasteiger partial charge in [0.25, 0.3) is 0 Å². The second-order valence-corrected chi connectivity index (χ2v) is 6.06. The molecular weight excluding hydrogens is 252 g/mol. The number of fused-ring (bicyclic) bond motifs is 1. The lowest BCUT2D eigenvalue weighted by Crippen LogP contribution is -2.20. The van der Waals surface area contributed by atoms with Gasteiger partial charge in [0.1, 0.15) is 0 Å². The first kappa shape index (κ1) is 12.7. The minimum absolute atomic E-state index is 1.03. The maximum atomic E-state index is 3.50. The molecule has 2 aromatic rings. The van der Waals surface area contributed by atoms with Gasteiger partial charge in [0.05, 0.1) is 0 Å². The summed E-state index contributed by atoms with van der Waals surface area (Å²) in [5.41, 5.74) is 5.75. The van der Waals surface area contributed by atoms with E-state index in [0.717, 1.165) is 19.6 Å². The Balaban J connectivity index is 1.72. The first-order valence-electron chi connectivity index (χ1n) is 6.87. The summed E-state index contributed by atoms with van der Waals surface area (Å²) in [6, 6.07) is 8.86. The number of nitrogens with one attached hydrogen (secondary N) is 1. The third-order valence-corrected chi connectivity index (χ3v) is 4.40. The fourth-order valence-electron chi connectivity index (χ4n) is 2.77. The van der Waals surface area contributed by atoms with Crippen LogP contribution in [0.15, 0.2) is 35.0 Å². The molecule has 1 aromatic carbocycles. The number of nitrogens with zero attached hydrogens (tertiary/aromatic N) is 1. The lowest BCUT2D eigenvalue weighted by molar-refractivity contribution is 0.318. The van der Waals surface area contributed by atoms with E-state index in [-0.39, 0.29) is 0 Å². The van der Waals surface area contributed by atoms with Crippen LogP contribution in [-0.2, 0) is 19.5 Å². The standard InChI is InChI=1S/C16H20N2S/c1-18(10-13-7-9-19-12-13)11-14-4-2-6-16-15(14)5-3-8-17-16/h2,4,6-7,9,12,17H,3,5,8,10-11H2,1H3. The van der Waals surface area contributed by atoms with E-state index in [9.17, 15) is 0 Å². The minimum atomic E-state index is 1.03. The third kappa shape index (κ3) is 2.99. The average molecular weight is 272 g/mol. The molecule has 0 atom stereocenters. The molecule has 0 spiro atoms. The minimum Gasteiger partial charge on any atom is -0.385 e. The fraction of sp³-hybridized carbons (Fsp3) is 0.375. The van der Waals surface area contributed by atoms with Crippen molar-refractivity contribution in [2.45, 2.75) is 25.9 Å². The van der Waals surface area contributed by atoms with Crippen LogP contribution < -0.4 is 5.32 Å². The third-order valence-electron chi connectivity index (χ3n) is 3.66. The number of benzene rings is 1. The molecule has 0 radical (unpaired) electrons. The maximum absolute atomic E-state index is 3.50. The molecule has 0 unspecified atom stereocenters. The lowest BCUT2D eigenvalue weighted by atomic mass is 9.97. The fourth-order valence-corrected chi connectivity index (χ4v) is 3.43. The van der Waals surface area contributed by atoms with Gasteiger partial charge in [-0.1, -0.05) is 12.1 Å². The molecule has 1 aliphatic rings. The van der Waals surface area contributed by atoms with E-state index in [2.05, 4.69) is 52.3 Å². The number of hydrogen-bond acceptors (Lipinski definition) is 3. The molecule has 0 bridgehead atoms. The predicted molar refractivity (Wildman–Crippen MR) is 82.7 cm³/mol. The summed E-state index contributed by atoms with van der Waals surface area (Å²) in [7, 11) is 2.20. The highest BCUT2D eigenvalue weighted by molar-refractivity contribution is 7.07. The second kappa shape index (κ2) is 5.76. The van der Waals surface area contributed by atoms with Crippen molar-refractivity contribution in [3.63, 3.8) is 0 Å². The van der Waals surface area contributed by atoms with Gasteiger partial charge in [-0.25, -0.2) is 0 Å². The SMILES string of the molecule is CN(Cc1ccsc1)Cc1cccc2c1CCCN2. The largest absolute Gasteiger partial charge is 0.385 e. The molecule has 0 fully saturated rings. The number of anilines is 1. The van der Waals surface area contributed by atoms with Crippen molar-refractivity contribution in [1.29, 1.82) is 0 Å². The van der Waals surface area contributed by atoms with E-state index in [4.69, 9.17) is 0 Å².